The Labute approximate surface area is 103 Å². The van der Waals surface area contributed by atoms with Crippen molar-refractivity contribution in [1.82, 2.24) is 4.90 Å². The van der Waals surface area contributed by atoms with E-state index in [4.69, 9.17) is 4.74 Å². The minimum atomic E-state index is -2.98. The summed E-state index contributed by atoms with van der Waals surface area (Å²) in [5.74, 6) is 0.236. The van der Waals surface area contributed by atoms with Crippen molar-refractivity contribution in [2.75, 3.05) is 18.1 Å². The third-order valence-corrected chi connectivity index (χ3v) is 4.90. The molecule has 1 aliphatic rings. The molecule has 0 spiro atoms. The third kappa shape index (κ3) is 3.59. The molecule has 1 fully saturated rings. The quantitative estimate of drug-likeness (QED) is 0.769. The van der Waals surface area contributed by atoms with Gasteiger partial charge in [-0.05, 0) is 26.7 Å². The van der Waals surface area contributed by atoms with E-state index in [1.807, 2.05) is 13.8 Å². The molecule has 0 aromatic carbocycles. The van der Waals surface area contributed by atoms with Crippen molar-refractivity contribution in [3.63, 3.8) is 0 Å². The van der Waals surface area contributed by atoms with Gasteiger partial charge in [-0.2, -0.15) is 0 Å². The van der Waals surface area contributed by atoms with Crippen LogP contribution in [0.3, 0.4) is 0 Å². The van der Waals surface area contributed by atoms with Crippen LogP contribution in [-0.4, -0.2) is 49.6 Å². The van der Waals surface area contributed by atoms with Gasteiger partial charge in [0.2, 0.25) is 0 Å². The second-order valence-electron chi connectivity index (χ2n) is 4.42. The summed E-state index contributed by atoms with van der Waals surface area (Å²) in [6.45, 7) is 5.95. The zero-order valence-corrected chi connectivity index (χ0v) is 11.5. The fraction of sp³-hybridized carbons (Fsp3) is 0.909. The Morgan fingerprint density at radius 1 is 1.47 bits per heavy atom. The lowest BCUT2D eigenvalue weighted by molar-refractivity contribution is 0.0766. The number of hydrogen-bond acceptors (Lipinski definition) is 4. The van der Waals surface area contributed by atoms with Crippen LogP contribution in [-0.2, 0) is 14.6 Å². The summed E-state index contributed by atoms with van der Waals surface area (Å²) >= 11 is 0. The maximum atomic E-state index is 11.9. The summed E-state index contributed by atoms with van der Waals surface area (Å²) in [6, 6.07) is -0.221. The highest BCUT2D eigenvalue weighted by Crippen LogP contribution is 2.21. The third-order valence-electron chi connectivity index (χ3n) is 3.15. The van der Waals surface area contributed by atoms with Crippen LogP contribution in [0.25, 0.3) is 0 Å². The van der Waals surface area contributed by atoms with Crippen molar-refractivity contribution in [1.29, 1.82) is 0 Å². The van der Waals surface area contributed by atoms with Crippen LogP contribution in [0.2, 0.25) is 0 Å². The molecule has 2 atom stereocenters. The largest absolute Gasteiger partial charge is 0.450 e. The lowest BCUT2D eigenvalue weighted by atomic mass is 10.1. The number of amides is 1. The highest BCUT2D eigenvalue weighted by atomic mass is 32.2. The van der Waals surface area contributed by atoms with Crippen molar-refractivity contribution >= 4 is 15.9 Å². The molecule has 5 nitrogen and oxygen atoms in total. The van der Waals surface area contributed by atoms with E-state index in [9.17, 15) is 13.2 Å². The second kappa shape index (κ2) is 5.71. The van der Waals surface area contributed by atoms with Gasteiger partial charge in [0, 0.05) is 6.04 Å². The number of sulfone groups is 1. The molecule has 0 bridgehead atoms. The zero-order chi connectivity index (χ0) is 13.1. The molecule has 17 heavy (non-hydrogen) atoms. The summed E-state index contributed by atoms with van der Waals surface area (Å²) in [4.78, 5) is 13.4. The SMILES string of the molecule is CCOC(=O)N([C@@H]1CCS(=O)(=O)C1)[C@@H](C)CC. The van der Waals surface area contributed by atoms with Gasteiger partial charge in [0.05, 0.1) is 24.2 Å². The molecule has 0 radical (unpaired) electrons. The molecule has 1 heterocycles. The van der Waals surface area contributed by atoms with E-state index in [0.717, 1.165) is 6.42 Å². The monoisotopic (exact) mass is 263 g/mol. The van der Waals surface area contributed by atoms with Gasteiger partial charge in [-0.3, -0.25) is 0 Å². The standard InChI is InChI=1S/C11H21NO4S/c1-4-9(3)12(11(13)16-5-2)10-6-7-17(14,15)8-10/h9-10H,4-8H2,1-3H3/t9-,10+/m0/s1. The average molecular weight is 263 g/mol. The normalized spacial score (nSPS) is 24.3. The van der Waals surface area contributed by atoms with Gasteiger partial charge in [-0.15, -0.1) is 0 Å². The highest BCUT2D eigenvalue weighted by molar-refractivity contribution is 7.91. The molecule has 1 aliphatic heterocycles. The Kier molecular flexibility index (Phi) is 4.80. The molecule has 6 heteroatoms. The van der Waals surface area contributed by atoms with Crippen LogP contribution in [0, 0.1) is 0 Å². The van der Waals surface area contributed by atoms with Gasteiger partial charge < -0.3 is 9.64 Å². The summed E-state index contributed by atoms with van der Waals surface area (Å²) in [5, 5.41) is 0. The topological polar surface area (TPSA) is 63.7 Å². The molecule has 100 valence electrons. The Morgan fingerprint density at radius 3 is 2.53 bits per heavy atom. The summed E-state index contributed by atoms with van der Waals surface area (Å²) in [6.07, 6.45) is 0.907. The molecule has 0 aliphatic carbocycles. The molecule has 1 saturated heterocycles. The van der Waals surface area contributed by atoms with Gasteiger partial charge in [0.25, 0.3) is 0 Å². The lowest BCUT2D eigenvalue weighted by Crippen LogP contribution is -2.46. The number of carbonyl (C=O) groups is 1. The minimum absolute atomic E-state index is 0.00681. The maximum absolute atomic E-state index is 11.9. The van der Waals surface area contributed by atoms with Crippen LogP contribution in [0.15, 0.2) is 0 Å². The minimum Gasteiger partial charge on any atom is -0.450 e. The zero-order valence-electron chi connectivity index (χ0n) is 10.7. The maximum Gasteiger partial charge on any atom is 0.410 e. The molecular weight excluding hydrogens is 242 g/mol. The van der Waals surface area contributed by atoms with Gasteiger partial charge in [0.1, 0.15) is 0 Å². The summed E-state index contributed by atoms with van der Waals surface area (Å²) in [5.41, 5.74) is 0. The first-order valence-corrected chi connectivity index (χ1v) is 7.89. The van der Waals surface area contributed by atoms with E-state index in [-0.39, 0.29) is 23.6 Å². The van der Waals surface area contributed by atoms with Crippen molar-refractivity contribution in [2.24, 2.45) is 0 Å². The van der Waals surface area contributed by atoms with Crippen LogP contribution >= 0.6 is 0 Å². The first-order chi connectivity index (χ1) is 7.91. The molecule has 1 amide bonds. The Morgan fingerprint density at radius 2 is 2.12 bits per heavy atom. The van der Waals surface area contributed by atoms with Gasteiger partial charge >= 0.3 is 6.09 Å². The van der Waals surface area contributed by atoms with Crippen molar-refractivity contribution in [2.45, 2.75) is 45.7 Å². The Hall–Kier alpha value is -0.780. The van der Waals surface area contributed by atoms with Gasteiger partial charge in [-0.25, -0.2) is 13.2 Å². The highest BCUT2D eigenvalue weighted by Gasteiger charge is 2.37. The predicted octanol–water partition coefficient (Wildman–Crippen LogP) is 1.43. The van der Waals surface area contributed by atoms with E-state index in [2.05, 4.69) is 0 Å². The van der Waals surface area contributed by atoms with Crippen LogP contribution in [0.1, 0.15) is 33.6 Å². The lowest BCUT2D eigenvalue weighted by Gasteiger charge is -2.32. The van der Waals surface area contributed by atoms with Gasteiger partial charge in [-0.1, -0.05) is 6.92 Å². The summed E-state index contributed by atoms with van der Waals surface area (Å²) in [7, 11) is -2.98. The number of hydrogen-bond donors (Lipinski definition) is 0. The Balaban J connectivity index is 2.80. The fourth-order valence-electron chi connectivity index (χ4n) is 2.08. The van der Waals surface area contributed by atoms with Crippen LogP contribution in [0.4, 0.5) is 4.79 Å². The van der Waals surface area contributed by atoms with Crippen LogP contribution < -0.4 is 0 Å². The first-order valence-electron chi connectivity index (χ1n) is 6.06. The summed E-state index contributed by atoms with van der Waals surface area (Å²) < 4.78 is 27.9. The molecule has 1 rings (SSSR count). The van der Waals surface area contributed by atoms with Crippen molar-refractivity contribution in [3.05, 3.63) is 0 Å². The van der Waals surface area contributed by atoms with Crippen molar-refractivity contribution < 1.29 is 17.9 Å². The number of nitrogens with zero attached hydrogens (tertiary/aromatic N) is 1. The second-order valence-corrected chi connectivity index (χ2v) is 6.65. The predicted molar refractivity (Wildman–Crippen MR) is 65.7 cm³/mol. The number of carbonyl (C=O) groups excluding carboxylic acids is 1. The molecule has 0 saturated carbocycles. The van der Waals surface area contributed by atoms with Gasteiger partial charge in [0.15, 0.2) is 9.84 Å². The smallest absolute Gasteiger partial charge is 0.410 e. The first kappa shape index (κ1) is 14.3. The molecule has 0 unspecified atom stereocenters. The van der Waals surface area contributed by atoms with E-state index in [1.54, 1.807) is 11.8 Å². The number of ether oxygens (including phenoxy) is 1. The van der Waals surface area contributed by atoms with Crippen LogP contribution in [0.5, 0.6) is 0 Å². The van der Waals surface area contributed by atoms with E-state index < -0.39 is 15.9 Å². The Bertz CT molecular complexity index is 366. The van der Waals surface area contributed by atoms with Crippen molar-refractivity contribution in [3.8, 4) is 0 Å². The fourth-order valence-corrected chi connectivity index (χ4v) is 3.79. The van der Waals surface area contributed by atoms with E-state index >= 15 is 0 Å². The molecule has 0 aromatic heterocycles. The van der Waals surface area contributed by atoms with E-state index in [1.165, 1.54) is 0 Å². The molecule has 0 aromatic rings. The van der Waals surface area contributed by atoms with E-state index in [0.29, 0.717) is 13.0 Å². The molecule has 0 N–H and O–H groups in total. The average Bonchev–Trinajstić information content (AvgIpc) is 2.59. The molecular formula is C11H21NO4S. The number of rotatable bonds is 4.